The summed E-state index contributed by atoms with van der Waals surface area (Å²) in [5.41, 5.74) is 0.504. The third kappa shape index (κ3) is 4.78. The van der Waals surface area contributed by atoms with Gasteiger partial charge in [0.1, 0.15) is 5.82 Å². The first-order valence-corrected chi connectivity index (χ1v) is 8.69. The van der Waals surface area contributed by atoms with Gasteiger partial charge in [0.05, 0.1) is 5.25 Å². The van der Waals surface area contributed by atoms with Gasteiger partial charge in [0.2, 0.25) is 5.13 Å². The Labute approximate surface area is 137 Å². The van der Waals surface area contributed by atoms with Gasteiger partial charge in [-0.05, 0) is 37.1 Å². The predicted molar refractivity (Wildman–Crippen MR) is 89.3 cm³/mol. The highest BCUT2D eigenvalue weighted by molar-refractivity contribution is 8.02. The van der Waals surface area contributed by atoms with Crippen LogP contribution < -0.4 is 5.32 Å². The number of carbonyl (C=O) groups is 1. The number of hydrogen-bond donors (Lipinski definition) is 1. The molecule has 4 nitrogen and oxygen atoms in total. The molecule has 0 aliphatic rings. The van der Waals surface area contributed by atoms with E-state index < -0.39 is 0 Å². The van der Waals surface area contributed by atoms with Crippen LogP contribution in [0.2, 0.25) is 0 Å². The maximum absolute atomic E-state index is 12.9. The van der Waals surface area contributed by atoms with E-state index in [1.54, 1.807) is 0 Å². The largest absolute Gasteiger partial charge is 0.360 e. The summed E-state index contributed by atoms with van der Waals surface area (Å²) in [5, 5.41) is 11.8. The number of nitrogens with zero attached hydrogens (tertiary/aromatic N) is 2. The average molecular weight is 339 g/mol. The second-order valence-electron chi connectivity index (χ2n) is 5.28. The van der Waals surface area contributed by atoms with E-state index in [9.17, 15) is 9.18 Å². The summed E-state index contributed by atoms with van der Waals surface area (Å²) in [4.78, 5) is 12.3. The minimum atomic E-state index is -0.346. The highest BCUT2D eigenvalue weighted by Gasteiger charge is 2.18. The van der Waals surface area contributed by atoms with Gasteiger partial charge < -0.3 is 5.32 Å². The second-order valence-corrected chi connectivity index (χ2v) is 7.84. The van der Waals surface area contributed by atoms with Gasteiger partial charge in [-0.3, -0.25) is 4.79 Å². The molecule has 2 aromatic rings. The molecule has 0 amide bonds. The van der Waals surface area contributed by atoms with Crippen molar-refractivity contribution in [1.82, 2.24) is 10.2 Å². The molecule has 2 rings (SSSR count). The van der Waals surface area contributed by atoms with E-state index in [4.69, 9.17) is 0 Å². The fourth-order valence-electron chi connectivity index (χ4n) is 1.67. The molecule has 22 heavy (non-hydrogen) atoms. The van der Waals surface area contributed by atoms with Crippen LogP contribution in [0.1, 0.15) is 31.1 Å². The molecule has 0 spiro atoms. The van der Waals surface area contributed by atoms with Gasteiger partial charge in [0.15, 0.2) is 10.1 Å². The fourth-order valence-corrected chi connectivity index (χ4v) is 3.65. The summed E-state index contributed by atoms with van der Waals surface area (Å²) in [7, 11) is 0. The number of hydrogen-bond acceptors (Lipinski definition) is 6. The maximum Gasteiger partial charge on any atom is 0.206 e. The van der Waals surface area contributed by atoms with E-state index in [2.05, 4.69) is 29.4 Å². The van der Waals surface area contributed by atoms with E-state index in [1.807, 2.05) is 6.92 Å². The Hall–Kier alpha value is -1.47. The molecule has 0 bridgehead atoms. The van der Waals surface area contributed by atoms with Crippen molar-refractivity contribution in [2.24, 2.45) is 5.92 Å². The van der Waals surface area contributed by atoms with Crippen LogP contribution in [0.5, 0.6) is 0 Å². The third-order valence-electron chi connectivity index (χ3n) is 2.84. The van der Waals surface area contributed by atoms with Crippen molar-refractivity contribution < 1.29 is 9.18 Å². The minimum Gasteiger partial charge on any atom is -0.360 e. The Kier molecular flexibility index (Phi) is 5.90. The molecule has 1 heterocycles. The molecule has 7 heteroatoms. The maximum atomic E-state index is 12.9. The predicted octanol–water partition coefficient (Wildman–Crippen LogP) is 4.11. The molecule has 1 unspecified atom stereocenters. The molecule has 0 saturated heterocycles. The first kappa shape index (κ1) is 16.9. The number of anilines is 1. The molecular weight excluding hydrogens is 321 g/mol. The molecule has 0 fully saturated rings. The number of rotatable bonds is 7. The lowest BCUT2D eigenvalue weighted by Crippen LogP contribution is -2.13. The fraction of sp³-hybridized carbons (Fsp3) is 0.400. The summed E-state index contributed by atoms with van der Waals surface area (Å²) in [6.07, 6.45) is 0. The molecule has 0 aliphatic heterocycles. The van der Waals surface area contributed by atoms with Crippen molar-refractivity contribution in [1.29, 1.82) is 0 Å². The lowest BCUT2D eigenvalue weighted by molar-refractivity contribution is 0.0994. The Bertz CT molecular complexity index is 628. The van der Waals surface area contributed by atoms with Crippen LogP contribution in [0.3, 0.4) is 0 Å². The van der Waals surface area contributed by atoms with E-state index >= 15 is 0 Å². The number of aromatic nitrogens is 2. The molecular formula is C15H18FN3OS2. The van der Waals surface area contributed by atoms with Gasteiger partial charge in [0, 0.05) is 12.1 Å². The number of halogens is 1. The molecule has 1 aromatic heterocycles. The van der Waals surface area contributed by atoms with Crippen molar-refractivity contribution >= 4 is 34.0 Å². The highest BCUT2D eigenvalue weighted by atomic mass is 32.2. The van der Waals surface area contributed by atoms with Gasteiger partial charge in [0.25, 0.3) is 0 Å². The summed E-state index contributed by atoms with van der Waals surface area (Å²) < 4.78 is 13.6. The Morgan fingerprint density at radius 1 is 1.27 bits per heavy atom. The molecule has 1 N–H and O–H groups in total. The van der Waals surface area contributed by atoms with Crippen molar-refractivity contribution in [3.63, 3.8) is 0 Å². The number of ketones is 1. The first-order chi connectivity index (χ1) is 10.5. The summed E-state index contributed by atoms with van der Waals surface area (Å²) in [6, 6.07) is 5.60. The molecule has 0 aliphatic carbocycles. The number of thioether (sulfide) groups is 1. The normalized spacial score (nSPS) is 12.4. The van der Waals surface area contributed by atoms with Crippen LogP contribution in [0.4, 0.5) is 9.52 Å². The van der Waals surface area contributed by atoms with E-state index in [0.29, 0.717) is 11.5 Å². The smallest absolute Gasteiger partial charge is 0.206 e. The monoisotopic (exact) mass is 339 g/mol. The van der Waals surface area contributed by atoms with Gasteiger partial charge in [-0.25, -0.2) is 4.39 Å². The zero-order valence-electron chi connectivity index (χ0n) is 12.7. The van der Waals surface area contributed by atoms with Crippen LogP contribution in [0, 0.1) is 11.7 Å². The van der Waals surface area contributed by atoms with Crippen molar-refractivity contribution in [2.45, 2.75) is 30.4 Å². The van der Waals surface area contributed by atoms with Gasteiger partial charge in [-0.2, -0.15) is 0 Å². The summed E-state index contributed by atoms with van der Waals surface area (Å²) in [5.74, 6) is 0.137. The Balaban J connectivity index is 1.95. The van der Waals surface area contributed by atoms with Crippen LogP contribution in [0.15, 0.2) is 28.6 Å². The second kappa shape index (κ2) is 7.69. The molecule has 1 aromatic carbocycles. The quantitative estimate of drug-likeness (QED) is 0.608. The van der Waals surface area contributed by atoms with Gasteiger partial charge in [-0.15, -0.1) is 10.2 Å². The third-order valence-corrected chi connectivity index (χ3v) is 4.91. The Morgan fingerprint density at radius 3 is 2.59 bits per heavy atom. The summed E-state index contributed by atoms with van der Waals surface area (Å²) in [6.45, 7) is 6.89. The molecule has 0 radical (unpaired) electrons. The van der Waals surface area contributed by atoms with Crippen molar-refractivity contribution in [2.75, 3.05) is 11.9 Å². The Morgan fingerprint density at radius 2 is 1.95 bits per heavy atom. The molecule has 118 valence electrons. The zero-order valence-corrected chi connectivity index (χ0v) is 14.3. The molecule has 0 saturated carbocycles. The van der Waals surface area contributed by atoms with Crippen LogP contribution in [-0.4, -0.2) is 27.8 Å². The number of Topliss-reactive ketones (excluding diaryl/α,β-unsaturated/α-hetero) is 1. The SMILES string of the molecule is CC(C)CNc1nnc(SC(C)C(=O)c2ccc(F)cc2)s1. The summed E-state index contributed by atoms with van der Waals surface area (Å²) >= 11 is 2.80. The van der Waals surface area contributed by atoms with Crippen LogP contribution >= 0.6 is 23.1 Å². The van der Waals surface area contributed by atoms with Gasteiger partial charge in [-0.1, -0.05) is 36.9 Å². The lowest BCUT2D eigenvalue weighted by Gasteiger charge is -2.07. The standard InChI is InChI=1S/C15H18FN3OS2/c1-9(2)8-17-14-18-19-15(22-14)21-10(3)13(20)11-4-6-12(16)7-5-11/h4-7,9-10H,8H2,1-3H3,(H,17,18). The average Bonchev–Trinajstić information content (AvgIpc) is 2.92. The van der Waals surface area contributed by atoms with Gasteiger partial charge >= 0.3 is 0 Å². The minimum absolute atomic E-state index is 0.0445. The van der Waals surface area contributed by atoms with E-state index in [1.165, 1.54) is 47.4 Å². The zero-order chi connectivity index (χ0) is 16.1. The van der Waals surface area contributed by atoms with E-state index in [-0.39, 0.29) is 16.9 Å². The van der Waals surface area contributed by atoms with Crippen molar-refractivity contribution in [3.05, 3.63) is 35.6 Å². The topological polar surface area (TPSA) is 54.9 Å². The number of carbonyl (C=O) groups excluding carboxylic acids is 1. The van der Waals surface area contributed by atoms with Crippen LogP contribution in [0.25, 0.3) is 0 Å². The van der Waals surface area contributed by atoms with Crippen LogP contribution in [-0.2, 0) is 0 Å². The first-order valence-electron chi connectivity index (χ1n) is 6.99. The number of benzene rings is 1. The number of nitrogens with one attached hydrogen (secondary N) is 1. The van der Waals surface area contributed by atoms with E-state index in [0.717, 1.165) is 16.0 Å². The highest BCUT2D eigenvalue weighted by Crippen LogP contribution is 2.30. The lowest BCUT2D eigenvalue weighted by atomic mass is 10.1. The van der Waals surface area contributed by atoms with Crippen molar-refractivity contribution in [3.8, 4) is 0 Å². The molecule has 1 atom stereocenters.